The third-order valence-corrected chi connectivity index (χ3v) is 8.68. The highest BCUT2D eigenvalue weighted by molar-refractivity contribution is 5.93. The van der Waals surface area contributed by atoms with Crippen molar-refractivity contribution in [2.75, 3.05) is 29.9 Å². The zero-order chi connectivity index (χ0) is 23.7. The van der Waals surface area contributed by atoms with Crippen molar-refractivity contribution < 1.29 is 14.7 Å². The van der Waals surface area contributed by atoms with E-state index in [1.165, 1.54) is 0 Å². The molecule has 2 saturated heterocycles. The van der Waals surface area contributed by atoms with Crippen LogP contribution in [0.25, 0.3) is 0 Å². The summed E-state index contributed by atoms with van der Waals surface area (Å²) in [6.07, 6.45) is 9.90. The smallest absolute Gasteiger partial charge is 0.230 e. The van der Waals surface area contributed by atoms with Crippen molar-refractivity contribution in [3.05, 3.63) is 23.8 Å². The molecule has 4 fully saturated rings. The summed E-state index contributed by atoms with van der Waals surface area (Å²) in [6, 6.07) is 8.17. The highest BCUT2D eigenvalue weighted by Crippen LogP contribution is 2.44. The molecule has 2 N–H and O–H groups in total. The molecule has 0 bridgehead atoms. The Morgan fingerprint density at radius 2 is 1.82 bits per heavy atom. The Balaban J connectivity index is 1.29. The van der Waals surface area contributed by atoms with Crippen molar-refractivity contribution in [1.29, 1.82) is 5.26 Å². The van der Waals surface area contributed by atoms with E-state index in [4.69, 9.17) is 0 Å². The van der Waals surface area contributed by atoms with Gasteiger partial charge in [0.15, 0.2) is 0 Å². The van der Waals surface area contributed by atoms with Crippen LogP contribution in [0.3, 0.4) is 0 Å². The number of carbonyl (C=O) groups is 2. The van der Waals surface area contributed by atoms with E-state index in [2.05, 4.69) is 21.2 Å². The van der Waals surface area contributed by atoms with Crippen LogP contribution in [0, 0.1) is 22.7 Å². The van der Waals surface area contributed by atoms with Crippen molar-refractivity contribution in [2.45, 2.75) is 82.8 Å². The number of rotatable bonds is 4. The fourth-order valence-electron chi connectivity index (χ4n) is 6.69. The summed E-state index contributed by atoms with van der Waals surface area (Å²) in [5.41, 5.74) is 1.69. The predicted octanol–water partition coefficient (Wildman–Crippen LogP) is 3.81. The minimum Gasteiger partial charge on any atom is -0.393 e. The topological polar surface area (TPSA) is 96.7 Å². The molecule has 7 heteroatoms. The Morgan fingerprint density at radius 1 is 1.06 bits per heavy atom. The van der Waals surface area contributed by atoms with Crippen LogP contribution in [-0.2, 0) is 9.59 Å². The van der Waals surface area contributed by atoms with Crippen molar-refractivity contribution in [2.24, 2.45) is 11.3 Å². The molecule has 0 radical (unpaired) electrons. The lowest BCUT2D eigenvalue weighted by Crippen LogP contribution is -2.50. The molecule has 0 aromatic heterocycles. The van der Waals surface area contributed by atoms with Crippen LogP contribution in [0.5, 0.6) is 0 Å². The number of piperidine rings is 1. The molecule has 5 rings (SSSR count). The number of likely N-dealkylation sites (tertiary alicyclic amines) is 1. The fourth-order valence-corrected chi connectivity index (χ4v) is 6.69. The van der Waals surface area contributed by atoms with E-state index in [1.54, 1.807) is 6.07 Å². The molecule has 182 valence electrons. The van der Waals surface area contributed by atoms with Gasteiger partial charge in [-0.05, 0) is 76.0 Å². The van der Waals surface area contributed by atoms with Crippen molar-refractivity contribution in [1.82, 2.24) is 4.90 Å². The zero-order valence-corrected chi connectivity index (χ0v) is 20.0. The van der Waals surface area contributed by atoms with Crippen LogP contribution in [0.2, 0.25) is 0 Å². The maximum absolute atomic E-state index is 13.6. The first-order chi connectivity index (χ1) is 16.5. The number of hydrogen-bond acceptors (Lipinski definition) is 5. The number of nitrogens with one attached hydrogen (secondary N) is 1. The molecule has 2 heterocycles. The molecule has 7 nitrogen and oxygen atoms in total. The van der Waals surface area contributed by atoms with Crippen LogP contribution >= 0.6 is 0 Å². The maximum Gasteiger partial charge on any atom is 0.230 e. The van der Waals surface area contributed by atoms with Gasteiger partial charge in [-0.1, -0.05) is 12.8 Å². The Hall–Kier alpha value is -2.59. The molecule has 1 aromatic carbocycles. The first-order valence-electron chi connectivity index (χ1n) is 13.1. The van der Waals surface area contributed by atoms with E-state index in [0.717, 1.165) is 89.4 Å². The van der Waals surface area contributed by atoms with E-state index in [-0.39, 0.29) is 35.3 Å². The van der Waals surface area contributed by atoms with Crippen LogP contribution in [0.15, 0.2) is 18.2 Å². The Bertz CT molecular complexity index is 975. The van der Waals surface area contributed by atoms with E-state index < -0.39 is 0 Å². The Kier molecular flexibility index (Phi) is 6.52. The normalized spacial score (nSPS) is 30.1. The molecule has 2 aliphatic carbocycles. The van der Waals surface area contributed by atoms with Gasteiger partial charge in [0.05, 0.1) is 22.8 Å². The molecular formula is C27H36N4O3. The van der Waals surface area contributed by atoms with Gasteiger partial charge < -0.3 is 20.2 Å². The van der Waals surface area contributed by atoms with Crippen LogP contribution in [-0.4, -0.2) is 53.6 Å². The van der Waals surface area contributed by atoms with Gasteiger partial charge in [-0.25, -0.2) is 0 Å². The zero-order valence-electron chi connectivity index (χ0n) is 20.0. The first kappa shape index (κ1) is 23.2. The van der Waals surface area contributed by atoms with Gasteiger partial charge in [0.2, 0.25) is 11.8 Å². The summed E-state index contributed by atoms with van der Waals surface area (Å²) in [5, 5.41) is 22.7. The highest BCUT2D eigenvalue weighted by atomic mass is 16.3. The quantitative estimate of drug-likeness (QED) is 0.706. The molecule has 2 aliphatic heterocycles. The SMILES string of the molecule is N#Cc1cc(NC(=O)C2CCCC2)ccc1N1CCC[C@@]2(CCN(C3CCC(O)CC3)C2=O)C1. The third kappa shape index (κ3) is 4.40. The number of hydrogen-bond donors (Lipinski definition) is 2. The average Bonchev–Trinajstić information content (AvgIpc) is 3.49. The lowest BCUT2D eigenvalue weighted by atomic mass is 9.78. The number of amides is 2. The van der Waals surface area contributed by atoms with Gasteiger partial charge in [0.25, 0.3) is 0 Å². The second kappa shape index (κ2) is 9.58. The summed E-state index contributed by atoms with van der Waals surface area (Å²) in [6.45, 7) is 2.26. The summed E-state index contributed by atoms with van der Waals surface area (Å²) in [4.78, 5) is 30.4. The van der Waals surface area contributed by atoms with E-state index in [0.29, 0.717) is 17.8 Å². The number of nitrogens with zero attached hydrogens (tertiary/aromatic N) is 3. The molecule has 2 amide bonds. The van der Waals surface area contributed by atoms with Gasteiger partial charge in [-0.2, -0.15) is 5.26 Å². The second-order valence-electron chi connectivity index (χ2n) is 10.8. The molecule has 1 aromatic rings. The first-order valence-corrected chi connectivity index (χ1v) is 13.1. The maximum atomic E-state index is 13.6. The lowest BCUT2D eigenvalue weighted by Gasteiger charge is -2.41. The number of aliphatic hydroxyl groups excluding tert-OH is 1. The fraction of sp³-hybridized carbons (Fsp3) is 0.667. The van der Waals surface area contributed by atoms with Crippen LogP contribution in [0.4, 0.5) is 11.4 Å². The van der Waals surface area contributed by atoms with Gasteiger partial charge in [0, 0.05) is 37.3 Å². The molecule has 1 atom stereocenters. The monoisotopic (exact) mass is 464 g/mol. The minimum atomic E-state index is -0.379. The van der Waals surface area contributed by atoms with Gasteiger partial charge in [-0.15, -0.1) is 0 Å². The molecule has 4 aliphatic rings. The van der Waals surface area contributed by atoms with Gasteiger partial charge in [-0.3, -0.25) is 9.59 Å². The third-order valence-electron chi connectivity index (χ3n) is 8.68. The second-order valence-corrected chi connectivity index (χ2v) is 10.8. The minimum absolute atomic E-state index is 0.0536. The van der Waals surface area contributed by atoms with E-state index >= 15 is 0 Å². The number of anilines is 2. The predicted molar refractivity (Wildman–Crippen MR) is 130 cm³/mol. The summed E-state index contributed by atoms with van der Waals surface area (Å²) < 4.78 is 0. The number of aliphatic hydroxyl groups is 1. The molecule has 0 unspecified atom stereocenters. The van der Waals surface area contributed by atoms with E-state index in [9.17, 15) is 20.0 Å². The largest absolute Gasteiger partial charge is 0.393 e. The van der Waals surface area contributed by atoms with E-state index in [1.807, 2.05) is 12.1 Å². The van der Waals surface area contributed by atoms with Crippen molar-refractivity contribution in [3.8, 4) is 6.07 Å². The highest BCUT2D eigenvalue weighted by Gasteiger charge is 2.50. The molecule has 2 saturated carbocycles. The van der Waals surface area contributed by atoms with Gasteiger partial charge >= 0.3 is 0 Å². The lowest BCUT2D eigenvalue weighted by molar-refractivity contribution is -0.139. The molecule has 34 heavy (non-hydrogen) atoms. The van der Waals surface area contributed by atoms with Crippen molar-refractivity contribution in [3.63, 3.8) is 0 Å². The summed E-state index contributed by atoms with van der Waals surface area (Å²) >= 11 is 0. The molecule has 1 spiro atoms. The molecular weight excluding hydrogens is 428 g/mol. The summed E-state index contributed by atoms with van der Waals surface area (Å²) in [5.74, 6) is 0.395. The summed E-state index contributed by atoms with van der Waals surface area (Å²) in [7, 11) is 0. The van der Waals surface area contributed by atoms with Gasteiger partial charge in [0.1, 0.15) is 6.07 Å². The van der Waals surface area contributed by atoms with Crippen LogP contribution < -0.4 is 10.2 Å². The average molecular weight is 465 g/mol. The van der Waals surface area contributed by atoms with Crippen molar-refractivity contribution >= 4 is 23.2 Å². The number of carbonyl (C=O) groups excluding carboxylic acids is 2. The Labute approximate surface area is 202 Å². The standard InChI is InChI=1S/C27H36N4O3/c28-17-20-16-21(29-25(33)19-4-1-2-5-19)6-11-24(20)30-14-3-12-27(18-30)13-15-31(26(27)34)22-7-9-23(32)10-8-22/h6,11,16,19,22-23,32H,1-5,7-10,12-15,18H2,(H,29,33)/t22?,23?,27-/m1/s1. The number of nitriles is 1. The van der Waals surface area contributed by atoms with Crippen LogP contribution in [0.1, 0.15) is 76.2 Å². The Morgan fingerprint density at radius 3 is 2.56 bits per heavy atom. The number of benzene rings is 1.